The SMILES string of the molecule is COc1cccc(C2CCCCN2)c1OC1CCCC1. The van der Waals surface area contributed by atoms with E-state index in [1.54, 1.807) is 7.11 Å². The molecule has 1 saturated carbocycles. The van der Waals surface area contributed by atoms with Crippen LogP contribution in [0.4, 0.5) is 0 Å². The van der Waals surface area contributed by atoms with Gasteiger partial charge in [-0.25, -0.2) is 0 Å². The monoisotopic (exact) mass is 275 g/mol. The molecule has 0 amide bonds. The van der Waals surface area contributed by atoms with Crippen LogP contribution < -0.4 is 14.8 Å². The standard InChI is InChI=1S/C17H25NO2/c1-19-16-11-6-9-14(15-10-4-5-12-18-15)17(16)20-13-7-2-3-8-13/h6,9,11,13,15,18H,2-5,7-8,10,12H2,1H3. The minimum Gasteiger partial charge on any atom is -0.493 e. The molecule has 2 fully saturated rings. The number of hydrogen-bond donors (Lipinski definition) is 1. The molecule has 3 heteroatoms. The van der Waals surface area contributed by atoms with Crippen molar-refractivity contribution >= 4 is 0 Å². The summed E-state index contributed by atoms with van der Waals surface area (Å²) >= 11 is 0. The van der Waals surface area contributed by atoms with Crippen molar-refractivity contribution in [2.45, 2.75) is 57.1 Å². The Labute approximate surface area is 121 Å². The van der Waals surface area contributed by atoms with Gasteiger partial charge < -0.3 is 14.8 Å². The van der Waals surface area contributed by atoms with Gasteiger partial charge in [0.05, 0.1) is 13.2 Å². The van der Waals surface area contributed by atoms with Gasteiger partial charge in [0, 0.05) is 11.6 Å². The highest BCUT2D eigenvalue weighted by Crippen LogP contribution is 2.39. The maximum Gasteiger partial charge on any atom is 0.166 e. The van der Waals surface area contributed by atoms with E-state index in [-0.39, 0.29) is 0 Å². The van der Waals surface area contributed by atoms with Gasteiger partial charge in [0.25, 0.3) is 0 Å². The smallest absolute Gasteiger partial charge is 0.166 e. The molecule has 1 aliphatic carbocycles. The van der Waals surface area contributed by atoms with Crippen LogP contribution in [0.2, 0.25) is 0 Å². The first-order chi connectivity index (χ1) is 9.88. The Morgan fingerprint density at radius 1 is 1.05 bits per heavy atom. The first-order valence-corrected chi connectivity index (χ1v) is 7.95. The highest BCUT2D eigenvalue weighted by atomic mass is 16.5. The molecule has 0 radical (unpaired) electrons. The van der Waals surface area contributed by atoms with Crippen molar-refractivity contribution in [3.8, 4) is 11.5 Å². The largest absolute Gasteiger partial charge is 0.493 e. The van der Waals surface area contributed by atoms with Crippen LogP contribution in [0, 0.1) is 0 Å². The number of ether oxygens (including phenoxy) is 2. The highest BCUT2D eigenvalue weighted by molar-refractivity contribution is 5.48. The summed E-state index contributed by atoms with van der Waals surface area (Å²) in [6, 6.07) is 6.69. The summed E-state index contributed by atoms with van der Waals surface area (Å²) in [5.41, 5.74) is 1.27. The average Bonchev–Trinajstić information content (AvgIpc) is 3.01. The predicted octanol–water partition coefficient (Wildman–Crippen LogP) is 3.83. The van der Waals surface area contributed by atoms with Crippen LogP contribution in [0.3, 0.4) is 0 Å². The lowest BCUT2D eigenvalue weighted by Gasteiger charge is -2.27. The molecule has 1 atom stereocenters. The van der Waals surface area contributed by atoms with Gasteiger partial charge in [0.15, 0.2) is 11.5 Å². The second kappa shape index (κ2) is 6.49. The van der Waals surface area contributed by atoms with Crippen molar-refractivity contribution in [2.75, 3.05) is 13.7 Å². The summed E-state index contributed by atoms with van der Waals surface area (Å²) in [5.74, 6) is 1.85. The van der Waals surface area contributed by atoms with E-state index in [0.29, 0.717) is 12.1 Å². The number of nitrogens with one attached hydrogen (secondary N) is 1. The van der Waals surface area contributed by atoms with Crippen LogP contribution in [0.5, 0.6) is 11.5 Å². The molecule has 0 spiro atoms. The quantitative estimate of drug-likeness (QED) is 0.906. The van der Waals surface area contributed by atoms with E-state index in [1.165, 1.54) is 50.5 Å². The summed E-state index contributed by atoms with van der Waals surface area (Å²) in [6.45, 7) is 1.10. The predicted molar refractivity (Wildman–Crippen MR) is 80.5 cm³/mol. The normalized spacial score (nSPS) is 23.8. The van der Waals surface area contributed by atoms with E-state index >= 15 is 0 Å². The Kier molecular flexibility index (Phi) is 4.46. The molecule has 110 valence electrons. The third kappa shape index (κ3) is 2.93. The summed E-state index contributed by atoms with van der Waals surface area (Å²) in [4.78, 5) is 0. The Morgan fingerprint density at radius 3 is 2.55 bits per heavy atom. The summed E-state index contributed by atoms with van der Waals surface area (Å²) in [6.07, 6.45) is 9.05. The van der Waals surface area contributed by atoms with Gasteiger partial charge in [-0.2, -0.15) is 0 Å². The lowest BCUT2D eigenvalue weighted by molar-refractivity contribution is 0.195. The van der Waals surface area contributed by atoms with E-state index in [4.69, 9.17) is 9.47 Å². The zero-order valence-electron chi connectivity index (χ0n) is 12.4. The Bertz CT molecular complexity index is 435. The third-order valence-corrected chi connectivity index (χ3v) is 4.50. The van der Waals surface area contributed by atoms with Crippen LogP contribution in [0.1, 0.15) is 56.6 Å². The zero-order valence-corrected chi connectivity index (χ0v) is 12.4. The van der Waals surface area contributed by atoms with Crippen molar-refractivity contribution in [1.82, 2.24) is 5.32 Å². The summed E-state index contributed by atoms with van der Waals surface area (Å²) < 4.78 is 11.9. The summed E-state index contributed by atoms with van der Waals surface area (Å²) in [5, 5.41) is 3.62. The fourth-order valence-electron chi connectivity index (χ4n) is 3.38. The average molecular weight is 275 g/mol. The topological polar surface area (TPSA) is 30.5 Å². The van der Waals surface area contributed by atoms with Gasteiger partial charge in [-0.15, -0.1) is 0 Å². The van der Waals surface area contributed by atoms with Crippen LogP contribution >= 0.6 is 0 Å². The van der Waals surface area contributed by atoms with Gasteiger partial charge in [0.1, 0.15) is 0 Å². The molecule has 0 aromatic heterocycles. The van der Waals surface area contributed by atoms with Crippen molar-refractivity contribution in [3.63, 3.8) is 0 Å². The Hall–Kier alpha value is -1.22. The fourth-order valence-corrected chi connectivity index (χ4v) is 3.38. The second-order valence-corrected chi connectivity index (χ2v) is 5.91. The van der Waals surface area contributed by atoms with Crippen LogP contribution in [-0.4, -0.2) is 19.8 Å². The van der Waals surface area contributed by atoms with Crippen LogP contribution in [0.25, 0.3) is 0 Å². The minimum atomic E-state index is 0.369. The van der Waals surface area contributed by atoms with E-state index < -0.39 is 0 Å². The molecule has 1 saturated heterocycles. The molecule has 0 bridgehead atoms. The lowest BCUT2D eigenvalue weighted by atomic mass is 9.96. The number of para-hydroxylation sites is 1. The first kappa shape index (κ1) is 13.7. The molecular formula is C17H25NO2. The fraction of sp³-hybridized carbons (Fsp3) is 0.647. The number of hydrogen-bond acceptors (Lipinski definition) is 3. The number of rotatable bonds is 4. The molecular weight excluding hydrogens is 250 g/mol. The maximum atomic E-state index is 6.32. The molecule has 1 N–H and O–H groups in total. The highest BCUT2D eigenvalue weighted by Gasteiger charge is 2.24. The van der Waals surface area contributed by atoms with Crippen molar-refractivity contribution < 1.29 is 9.47 Å². The molecule has 20 heavy (non-hydrogen) atoms. The molecule has 1 aliphatic heterocycles. The third-order valence-electron chi connectivity index (χ3n) is 4.50. The molecule has 1 heterocycles. The number of benzene rings is 1. The zero-order chi connectivity index (χ0) is 13.8. The van der Waals surface area contributed by atoms with Crippen molar-refractivity contribution in [2.24, 2.45) is 0 Å². The van der Waals surface area contributed by atoms with Crippen LogP contribution in [0.15, 0.2) is 18.2 Å². The lowest BCUT2D eigenvalue weighted by Crippen LogP contribution is -2.27. The molecule has 3 nitrogen and oxygen atoms in total. The second-order valence-electron chi connectivity index (χ2n) is 5.91. The van der Waals surface area contributed by atoms with Gasteiger partial charge in [-0.1, -0.05) is 18.6 Å². The Balaban J connectivity index is 1.86. The van der Waals surface area contributed by atoms with Gasteiger partial charge in [-0.05, 0) is 51.1 Å². The molecule has 3 rings (SSSR count). The molecule has 1 unspecified atom stereocenters. The van der Waals surface area contributed by atoms with E-state index in [2.05, 4.69) is 17.4 Å². The van der Waals surface area contributed by atoms with Gasteiger partial charge in [0.2, 0.25) is 0 Å². The van der Waals surface area contributed by atoms with Crippen LogP contribution in [-0.2, 0) is 0 Å². The van der Waals surface area contributed by atoms with Crippen molar-refractivity contribution in [3.05, 3.63) is 23.8 Å². The molecule has 1 aromatic carbocycles. The van der Waals surface area contributed by atoms with Crippen molar-refractivity contribution in [1.29, 1.82) is 0 Å². The van der Waals surface area contributed by atoms with E-state index in [1.807, 2.05) is 6.07 Å². The van der Waals surface area contributed by atoms with Gasteiger partial charge >= 0.3 is 0 Å². The Morgan fingerprint density at radius 2 is 1.85 bits per heavy atom. The maximum absolute atomic E-state index is 6.32. The first-order valence-electron chi connectivity index (χ1n) is 7.95. The molecule has 2 aliphatic rings. The minimum absolute atomic E-state index is 0.369. The van der Waals surface area contributed by atoms with E-state index in [0.717, 1.165) is 18.0 Å². The molecule has 1 aromatic rings. The summed E-state index contributed by atoms with van der Waals surface area (Å²) in [7, 11) is 1.73. The van der Waals surface area contributed by atoms with E-state index in [9.17, 15) is 0 Å². The number of methoxy groups -OCH3 is 1. The number of piperidine rings is 1. The van der Waals surface area contributed by atoms with Gasteiger partial charge in [-0.3, -0.25) is 0 Å².